The van der Waals surface area contributed by atoms with Crippen molar-refractivity contribution < 1.29 is 32.6 Å². The largest absolute Gasteiger partial charge is 0.389 e. The molecule has 1 aromatic heterocycles. The summed E-state index contributed by atoms with van der Waals surface area (Å²) >= 11 is 1.20. The molecule has 1 heterocycles. The maximum atomic E-state index is 13.8. The van der Waals surface area contributed by atoms with E-state index in [9.17, 15) is 27.9 Å². The van der Waals surface area contributed by atoms with Gasteiger partial charge >= 0.3 is 0 Å². The molecule has 4 unspecified atom stereocenters. The summed E-state index contributed by atoms with van der Waals surface area (Å²) in [4.78, 5) is 44.0. The maximum Gasteiger partial charge on any atom is 0.253 e. The number of nitrogens with zero attached hydrogens (tertiary/aromatic N) is 1. The van der Waals surface area contributed by atoms with Crippen molar-refractivity contribution in [1.29, 1.82) is 0 Å². The first-order valence-corrected chi connectivity index (χ1v) is 17.7. The van der Waals surface area contributed by atoms with Crippen LogP contribution in [-0.2, 0) is 30.6 Å². The molecule has 4 atom stereocenters. The molecule has 1 aromatic carbocycles. The zero-order chi connectivity index (χ0) is 32.5. The van der Waals surface area contributed by atoms with E-state index in [0.29, 0.717) is 31.7 Å². The van der Waals surface area contributed by atoms with Gasteiger partial charge in [0.25, 0.3) is 5.91 Å². The summed E-state index contributed by atoms with van der Waals surface area (Å²) in [5.41, 5.74) is 0.945. The zero-order valence-corrected chi connectivity index (χ0v) is 27.5. The molecule has 0 fully saturated rings. The molecule has 44 heavy (non-hydrogen) atoms. The quantitative estimate of drug-likeness (QED) is 0.157. The van der Waals surface area contributed by atoms with Crippen molar-refractivity contribution in [3.63, 3.8) is 0 Å². The number of aliphatic hydroxyl groups is 1. The minimum Gasteiger partial charge on any atom is -0.389 e. The van der Waals surface area contributed by atoms with Gasteiger partial charge in [-0.3, -0.25) is 19.4 Å². The van der Waals surface area contributed by atoms with E-state index in [2.05, 4.69) is 20.9 Å². The number of unbranched alkanes of at least 4 members (excludes halogenated alkanes) is 1. The van der Waals surface area contributed by atoms with Gasteiger partial charge in [0.1, 0.15) is 11.3 Å². The molecule has 244 valence electrons. The topological polar surface area (TPSA) is 164 Å². The molecular weight excluding hydrogens is 604 g/mol. The molecule has 3 amide bonds. The third-order valence-electron chi connectivity index (χ3n) is 6.65. The number of amides is 3. The number of methoxy groups -OCH3 is 1. The Hall–Kier alpha value is -3.00. The fraction of sp³-hybridized carbons (Fsp3) is 0.548. The number of pyridine rings is 1. The highest BCUT2D eigenvalue weighted by atomic mass is 32.2. The number of hydrogen-bond acceptors (Lipinski definition) is 9. The van der Waals surface area contributed by atoms with Gasteiger partial charge in [0.05, 0.1) is 35.8 Å². The molecule has 2 aromatic rings. The van der Waals surface area contributed by atoms with Crippen molar-refractivity contribution in [3.05, 3.63) is 66.0 Å². The highest BCUT2D eigenvalue weighted by Crippen LogP contribution is 2.21. The third kappa shape index (κ3) is 13.3. The lowest BCUT2D eigenvalue weighted by Gasteiger charge is -2.31. The van der Waals surface area contributed by atoms with Gasteiger partial charge in [0.2, 0.25) is 11.8 Å². The number of aromatic nitrogens is 1. The number of carbonyl (C=O) groups excluding carboxylic acids is 3. The number of rotatable bonds is 20. The first-order chi connectivity index (χ1) is 21.0. The summed E-state index contributed by atoms with van der Waals surface area (Å²) in [6.07, 6.45) is 2.65. The van der Waals surface area contributed by atoms with Crippen LogP contribution in [0, 0.1) is 5.92 Å². The predicted molar refractivity (Wildman–Crippen MR) is 173 cm³/mol. The van der Waals surface area contributed by atoms with Crippen LogP contribution in [0.1, 0.15) is 49.5 Å². The highest BCUT2D eigenvalue weighted by molar-refractivity contribution is 8.00. The molecule has 0 aliphatic rings. The van der Waals surface area contributed by atoms with Crippen LogP contribution in [-0.4, -0.2) is 97.2 Å². The molecule has 0 saturated carbocycles. The molecule has 0 spiro atoms. The average Bonchev–Trinajstić information content (AvgIpc) is 3.00. The molecule has 11 nitrogen and oxygen atoms in total. The van der Waals surface area contributed by atoms with E-state index >= 15 is 0 Å². The normalized spacial score (nSPS) is 14.3. The Morgan fingerprint density at radius 1 is 1.05 bits per heavy atom. The lowest BCUT2D eigenvalue weighted by Crippen LogP contribution is -2.58. The van der Waals surface area contributed by atoms with Gasteiger partial charge in [-0.1, -0.05) is 57.5 Å². The second-order valence-corrected chi connectivity index (χ2v) is 14.4. The Labute approximate surface area is 265 Å². The van der Waals surface area contributed by atoms with E-state index < -0.39 is 50.8 Å². The second kappa shape index (κ2) is 19.4. The number of benzene rings is 1. The molecule has 13 heteroatoms. The van der Waals surface area contributed by atoms with Gasteiger partial charge in [-0.05, 0) is 36.5 Å². The highest BCUT2D eigenvalue weighted by Gasteiger charge is 2.36. The lowest BCUT2D eigenvalue weighted by molar-refractivity contribution is -0.126. The van der Waals surface area contributed by atoms with Gasteiger partial charge in [-0.2, -0.15) is 0 Å². The number of nitrogens with one attached hydrogen (secondary N) is 3. The van der Waals surface area contributed by atoms with E-state index in [1.54, 1.807) is 6.07 Å². The van der Waals surface area contributed by atoms with E-state index in [0.717, 1.165) is 5.56 Å². The Morgan fingerprint density at radius 2 is 1.77 bits per heavy atom. The van der Waals surface area contributed by atoms with Crippen molar-refractivity contribution in [2.45, 2.75) is 63.5 Å². The summed E-state index contributed by atoms with van der Waals surface area (Å²) in [6.45, 7) is 6.52. The molecule has 0 aliphatic carbocycles. The van der Waals surface area contributed by atoms with Crippen LogP contribution in [0.5, 0.6) is 0 Å². The number of aliphatic hydroxyl groups excluding tert-OH is 1. The molecule has 0 aliphatic heterocycles. The smallest absolute Gasteiger partial charge is 0.253 e. The van der Waals surface area contributed by atoms with Crippen LogP contribution in [0.15, 0.2) is 54.9 Å². The monoisotopic (exact) mass is 650 g/mol. The molecule has 0 radical (unpaired) electrons. The Balaban J connectivity index is 2.41. The van der Waals surface area contributed by atoms with E-state index in [4.69, 9.17) is 4.74 Å². The number of hydrogen-bond donors (Lipinski definition) is 4. The zero-order valence-electron chi connectivity index (χ0n) is 25.9. The second-order valence-electron chi connectivity index (χ2n) is 11.0. The fourth-order valence-electron chi connectivity index (χ4n) is 4.24. The summed E-state index contributed by atoms with van der Waals surface area (Å²) in [5, 5.41) is 18.9. The maximum absolute atomic E-state index is 13.8. The minimum atomic E-state index is -3.73. The molecular formula is C31H46N4O7S2. The number of sulfone groups is 1. The lowest BCUT2D eigenvalue weighted by atomic mass is 9.98. The van der Waals surface area contributed by atoms with Gasteiger partial charge in [0, 0.05) is 31.8 Å². The van der Waals surface area contributed by atoms with Gasteiger partial charge in [0.15, 0.2) is 9.84 Å². The molecule has 0 bridgehead atoms. The summed E-state index contributed by atoms with van der Waals surface area (Å²) in [5.74, 6) is -2.00. The SMILES string of the molecule is CCCCS(=O)(=O)CC(NC(=O)c1cccnc1)C(=O)NC(Cc1ccccc1)C(O)C(SCCOC)C(=O)NCC(C)C. The van der Waals surface area contributed by atoms with Crippen LogP contribution < -0.4 is 16.0 Å². The van der Waals surface area contributed by atoms with Crippen LogP contribution >= 0.6 is 11.8 Å². The van der Waals surface area contributed by atoms with E-state index in [-0.39, 0.29) is 29.6 Å². The Bertz CT molecular complexity index is 1260. The number of thioether (sulfide) groups is 1. The molecule has 4 N–H and O–H groups in total. The van der Waals surface area contributed by atoms with Gasteiger partial charge in [-0.15, -0.1) is 11.8 Å². The van der Waals surface area contributed by atoms with Crippen LogP contribution in [0.25, 0.3) is 0 Å². The third-order valence-corrected chi connectivity index (χ3v) is 9.66. The van der Waals surface area contributed by atoms with Gasteiger partial charge in [-0.25, -0.2) is 8.42 Å². The average molecular weight is 651 g/mol. The van der Waals surface area contributed by atoms with Crippen molar-refractivity contribution in [3.8, 4) is 0 Å². The standard InChI is InChI=1S/C31H46N4O7S2/c1-5-6-17-44(40,41)21-26(35-29(37)24-13-10-14-32-20-24)30(38)34-25(18-23-11-8-7-9-12-23)27(36)28(43-16-15-42-4)31(39)33-19-22(2)3/h7-14,20,22,25-28,36H,5-6,15-19,21H2,1-4H3,(H,33,39)(H,34,38)(H,35,37). The Kier molecular flexibility index (Phi) is 16.4. The first-order valence-electron chi connectivity index (χ1n) is 14.8. The van der Waals surface area contributed by atoms with Crippen molar-refractivity contribution in [1.82, 2.24) is 20.9 Å². The van der Waals surface area contributed by atoms with Crippen molar-refractivity contribution in [2.75, 3.05) is 37.5 Å². The van der Waals surface area contributed by atoms with Crippen molar-refractivity contribution >= 4 is 39.3 Å². The number of ether oxygens (including phenoxy) is 1. The number of carbonyl (C=O) groups is 3. The van der Waals surface area contributed by atoms with Crippen LogP contribution in [0.3, 0.4) is 0 Å². The predicted octanol–water partition coefficient (Wildman–Crippen LogP) is 2.00. The summed E-state index contributed by atoms with van der Waals surface area (Å²) in [6, 6.07) is 9.73. The summed E-state index contributed by atoms with van der Waals surface area (Å²) in [7, 11) is -2.19. The van der Waals surface area contributed by atoms with Crippen LogP contribution in [0.4, 0.5) is 0 Å². The van der Waals surface area contributed by atoms with Crippen molar-refractivity contribution in [2.24, 2.45) is 5.92 Å². The van der Waals surface area contributed by atoms with Crippen LogP contribution in [0.2, 0.25) is 0 Å². The summed E-state index contributed by atoms with van der Waals surface area (Å²) < 4.78 is 31.0. The Morgan fingerprint density at radius 3 is 2.39 bits per heavy atom. The molecule has 2 rings (SSSR count). The van der Waals surface area contributed by atoms with Gasteiger partial charge < -0.3 is 25.8 Å². The van der Waals surface area contributed by atoms with E-state index in [1.807, 2.05) is 51.1 Å². The molecule has 0 saturated heterocycles. The fourth-order valence-corrected chi connectivity index (χ4v) is 7.01. The first kappa shape index (κ1) is 37.2. The minimum absolute atomic E-state index is 0.139. The van der Waals surface area contributed by atoms with E-state index in [1.165, 1.54) is 37.3 Å².